The predicted molar refractivity (Wildman–Crippen MR) is 50.0 cm³/mol. The molecule has 0 saturated heterocycles. The summed E-state index contributed by atoms with van der Waals surface area (Å²) in [6.45, 7) is 0.0114. The van der Waals surface area contributed by atoms with E-state index >= 15 is 0 Å². The van der Waals surface area contributed by atoms with Crippen molar-refractivity contribution < 1.29 is 27.8 Å². The monoisotopic (exact) mass is 240 g/mol. The predicted octanol–water partition coefficient (Wildman–Crippen LogP) is 2.60. The molecular weight excluding hydrogens is 225 g/mol. The summed E-state index contributed by atoms with van der Waals surface area (Å²) in [7, 11) is 0. The zero-order chi connectivity index (χ0) is 12.2. The number of carboxylic acids is 1. The number of carboxylic acid groups (broad SMARTS) is 1. The molecule has 0 aromatic rings. The Morgan fingerprint density at radius 3 is 2.38 bits per heavy atom. The van der Waals surface area contributed by atoms with Crippen molar-refractivity contribution in [2.45, 2.75) is 44.4 Å². The van der Waals surface area contributed by atoms with Crippen LogP contribution in [-0.4, -0.2) is 30.0 Å². The number of alkyl halides is 3. The van der Waals surface area contributed by atoms with Crippen LogP contribution in [0.15, 0.2) is 0 Å². The molecule has 1 atom stereocenters. The summed E-state index contributed by atoms with van der Waals surface area (Å²) < 4.78 is 41.8. The Kier molecular flexibility index (Phi) is 4.58. The minimum atomic E-state index is -4.60. The lowest BCUT2D eigenvalue weighted by molar-refractivity contribution is -0.226. The minimum Gasteiger partial charge on any atom is -0.481 e. The third-order valence-corrected chi connectivity index (χ3v) is 2.73. The van der Waals surface area contributed by atoms with Crippen LogP contribution in [0.1, 0.15) is 32.1 Å². The van der Waals surface area contributed by atoms with Crippen LogP contribution in [0.25, 0.3) is 0 Å². The smallest absolute Gasteiger partial charge is 0.415 e. The lowest BCUT2D eigenvalue weighted by Gasteiger charge is -2.21. The Balaban J connectivity index is 2.40. The van der Waals surface area contributed by atoms with Crippen LogP contribution in [0, 0.1) is 5.92 Å². The molecule has 16 heavy (non-hydrogen) atoms. The van der Waals surface area contributed by atoms with E-state index in [1.54, 1.807) is 0 Å². The zero-order valence-electron chi connectivity index (χ0n) is 8.79. The molecular formula is C10H15F3O3. The molecule has 0 heterocycles. The van der Waals surface area contributed by atoms with E-state index < -0.39 is 24.7 Å². The maximum Gasteiger partial charge on any atom is 0.415 e. The first kappa shape index (κ1) is 13.3. The van der Waals surface area contributed by atoms with E-state index in [1.165, 1.54) is 0 Å². The lowest BCUT2D eigenvalue weighted by atomic mass is 10.1. The minimum absolute atomic E-state index is 0.0114. The molecule has 1 N–H and O–H groups in total. The van der Waals surface area contributed by atoms with E-state index in [4.69, 9.17) is 9.84 Å². The van der Waals surface area contributed by atoms with Gasteiger partial charge < -0.3 is 9.84 Å². The summed E-state index contributed by atoms with van der Waals surface area (Å²) in [5, 5.41) is 8.36. The SMILES string of the molecule is O=C(O)CC(OCC1CCCC1)C(F)(F)F. The van der Waals surface area contributed by atoms with Crippen LogP contribution >= 0.6 is 0 Å². The van der Waals surface area contributed by atoms with Gasteiger partial charge in [-0.25, -0.2) is 0 Å². The summed E-state index contributed by atoms with van der Waals surface area (Å²) in [5.41, 5.74) is 0. The maximum atomic E-state index is 12.4. The van der Waals surface area contributed by atoms with Gasteiger partial charge >= 0.3 is 12.1 Å². The quantitative estimate of drug-likeness (QED) is 0.803. The van der Waals surface area contributed by atoms with Crippen molar-refractivity contribution in [3.05, 3.63) is 0 Å². The first-order valence-electron chi connectivity index (χ1n) is 5.29. The van der Waals surface area contributed by atoms with Crippen LogP contribution in [0.4, 0.5) is 13.2 Å². The van der Waals surface area contributed by atoms with E-state index in [2.05, 4.69) is 0 Å². The van der Waals surface area contributed by atoms with Gasteiger partial charge in [-0.05, 0) is 18.8 Å². The first-order valence-corrected chi connectivity index (χ1v) is 5.29. The van der Waals surface area contributed by atoms with Gasteiger partial charge in [-0.3, -0.25) is 4.79 Å². The van der Waals surface area contributed by atoms with Gasteiger partial charge in [0.1, 0.15) is 0 Å². The second-order valence-corrected chi connectivity index (χ2v) is 4.11. The van der Waals surface area contributed by atoms with Gasteiger partial charge in [0.25, 0.3) is 0 Å². The standard InChI is InChI=1S/C10H15F3O3/c11-10(12,13)8(5-9(14)15)16-6-7-3-1-2-4-7/h7-8H,1-6H2,(H,14,15). The second-order valence-electron chi connectivity index (χ2n) is 4.11. The Morgan fingerprint density at radius 1 is 1.38 bits per heavy atom. The van der Waals surface area contributed by atoms with E-state index in [1.807, 2.05) is 0 Å². The molecule has 0 aromatic carbocycles. The van der Waals surface area contributed by atoms with Crippen molar-refractivity contribution in [2.75, 3.05) is 6.61 Å². The van der Waals surface area contributed by atoms with Gasteiger partial charge in [0, 0.05) is 0 Å². The topological polar surface area (TPSA) is 46.5 Å². The number of ether oxygens (including phenoxy) is 1. The molecule has 0 spiro atoms. The number of hydrogen-bond acceptors (Lipinski definition) is 2. The fraction of sp³-hybridized carbons (Fsp3) is 0.900. The molecule has 0 bridgehead atoms. The van der Waals surface area contributed by atoms with Gasteiger partial charge in [0.15, 0.2) is 6.10 Å². The van der Waals surface area contributed by atoms with Gasteiger partial charge in [0.05, 0.1) is 13.0 Å². The zero-order valence-corrected chi connectivity index (χ0v) is 8.79. The first-order chi connectivity index (χ1) is 7.39. The average Bonchev–Trinajstić information content (AvgIpc) is 2.62. The van der Waals surface area contributed by atoms with Crippen molar-refractivity contribution >= 4 is 5.97 Å². The summed E-state index contributed by atoms with van der Waals surface area (Å²) in [4.78, 5) is 10.3. The Labute approximate surface area is 91.6 Å². The molecule has 0 amide bonds. The number of halogens is 3. The Bertz CT molecular complexity index is 234. The van der Waals surface area contributed by atoms with Gasteiger partial charge in [0.2, 0.25) is 0 Å². The highest BCUT2D eigenvalue weighted by Crippen LogP contribution is 2.29. The molecule has 1 aliphatic rings. The molecule has 6 heteroatoms. The number of hydrogen-bond donors (Lipinski definition) is 1. The fourth-order valence-corrected chi connectivity index (χ4v) is 1.86. The fourth-order valence-electron chi connectivity index (χ4n) is 1.86. The molecule has 1 fully saturated rings. The molecule has 1 unspecified atom stereocenters. The van der Waals surface area contributed by atoms with Crippen molar-refractivity contribution in [3.63, 3.8) is 0 Å². The van der Waals surface area contributed by atoms with Crippen LogP contribution in [0.3, 0.4) is 0 Å². The maximum absolute atomic E-state index is 12.4. The Morgan fingerprint density at radius 2 is 1.94 bits per heavy atom. The van der Waals surface area contributed by atoms with Crippen molar-refractivity contribution in [2.24, 2.45) is 5.92 Å². The largest absolute Gasteiger partial charge is 0.481 e. The molecule has 94 valence electrons. The molecule has 0 aromatic heterocycles. The van der Waals surface area contributed by atoms with Crippen molar-refractivity contribution in [3.8, 4) is 0 Å². The van der Waals surface area contributed by atoms with E-state index in [0.29, 0.717) is 0 Å². The number of carbonyl (C=O) groups is 1. The third kappa shape index (κ3) is 4.38. The lowest BCUT2D eigenvalue weighted by Crippen LogP contribution is -2.35. The molecule has 1 saturated carbocycles. The number of aliphatic carboxylic acids is 1. The van der Waals surface area contributed by atoms with Crippen molar-refractivity contribution in [1.82, 2.24) is 0 Å². The molecule has 0 radical (unpaired) electrons. The molecule has 1 rings (SSSR count). The van der Waals surface area contributed by atoms with Crippen LogP contribution in [0.5, 0.6) is 0 Å². The van der Waals surface area contributed by atoms with Crippen LogP contribution in [0.2, 0.25) is 0 Å². The summed E-state index contributed by atoms with van der Waals surface area (Å²) in [6.07, 6.45) is -4.01. The highest BCUT2D eigenvalue weighted by Gasteiger charge is 2.42. The van der Waals surface area contributed by atoms with E-state index in [-0.39, 0.29) is 12.5 Å². The van der Waals surface area contributed by atoms with Crippen molar-refractivity contribution in [1.29, 1.82) is 0 Å². The van der Waals surface area contributed by atoms with Crippen LogP contribution < -0.4 is 0 Å². The summed E-state index contributed by atoms with van der Waals surface area (Å²) in [5.74, 6) is -1.34. The molecule has 1 aliphatic carbocycles. The van der Waals surface area contributed by atoms with Gasteiger partial charge in [-0.2, -0.15) is 13.2 Å². The highest BCUT2D eigenvalue weighted by molar-refractivity contribution is 5.67. The summed E-state index contributed by atoms with van der Waals surface area (Å²) in [6, 6.07) is 0. The second kappa shape index (κ2) is 5.52. The molecule has 3 nitrogen and oxygen atoms in total. The van der Waals surface area contributed by atoms with Gasteiger partial charge in [-0.1, -0.05) is 12.8 Å². The highest BCUT2D eigenvalue weighted by atomic mass is 19.4. The van der Waals surface area contributed by atoms with E-state index in [9.17, 15) is 18.0 Å². The van der Waals surface area contributed by atoms with Gasteiger partial charge in [-0.15, -0.1) is 0 Å². The van der Waals surface area contributed by atoms with E-state index in [0.717, 1.165) is 25.7 Å². The molecule has 0 aliphatic heterocycles. The third-order valence-electron chi connectivity index (χ3n) is 2.73. The van der Waals surface area contributed by atoms with Crippen LogP contribution in [-0.2, 0) is 9.53 Å². The summed E-state index contributed by atoms with van der Waals surface area (Å²) >= 11 is 0. The Hall–Kier alpha value is -0.780. The normalized spacial score (nSPS) is 19.9. The average molecular weight is 240 g/mol. The number of rotatable bonds is 5.